The lowest BCUT2D eigenvalue weighted by Crippen LogP contribution is -2.30. The smallest absolute Gasteiger partial charge is 0.255 e. The van der Waals surface area contributed by atoms with Crippen molar-refractivity contribution >= 4 is 33.2 Å². The number of nitrogens with one attached hydrogen (secondary N) is 2. The first-order chi connectivity index (χ1) is 10.8. The number of carbonyl (C=O) groups excluding carboxylic acids is 1. The number of halogens is 1. The Balaban J connectivity index is 2.26. The van der Waals surface area contributed by atoms with Gasteiger partial charge in [0.1, 0.15) is 0 Å². The number of hydrogen-bond acceptors (Lipinski definition) is 3. The van der Waals surface area contributed by atoms with E-state index < -0.39 is 15.9 Å². The molecule has 122 valence electrons. The van der Waals surface area contributed by atoms with E-state index in [4.69, 9.17) is 11.6 Å². The Morgan fingerprint density at radius 3 is 2.43 bits per heavy atom. The molecule has 0 aliphatic carbocycles. The van der Waals surface area contributed by atoms with Crippen LogP contribution in [0.15, 0.2) is 53.4 Å². The molecular weight excluding hydrogens is 336 g/mol. The zero-order valence-electron chi connectivity index (χ0n) is 12.7. The molecule has 0 heterocycles. The molecule has 0 fully saturated rings. The molecule has 0 atom stereocenters. The van der Waals surface area contributed by atoms with Crippen LogP contribution in [0.4, 0.5) is 5.69 Å². The zero-order chi connectivity index (χ0) is 17.0. The second kappa shape index (κ2) is 7.12. The summed E-state index contributed by atoms with van der Waals surface area (Å²) in [6, 6.07) is 12.4. The molecule has 2 rings (SSSR count). The van der Waals surface area contributed by atoms with Gasteiger partial charge in [0.05, 0.1) is 15.6 Å². The lowest BCUT2D eigenvalue weighted by Gasteiger charge is -2.11. The van der Waals surface area contributed by atoms with Crippen molar-refractivity contribution in [1.82, 2.24) is 4.72 Å². The van der Waals surface area contributed by atoms with Gasteiger partial charge in [-0.15, -0.1) is 0 Å². The Kier molecular flexibility index (Phi) is 5.41. The van der Waals surface area contributed by atoms with Crippen molar-refractivity contribution in [3.05, 3.63) is 59.1 Å². The van der Waals surface area contributed by atoms with Crippen LogP contribution in [0.25, 0.3) is 0 Å². The van der Waals surface area contributed by atoms with Crippen LogP contribution in [0, 0.1) is 0 Å². The van der Waals surface area contributed by atoms with Crippen molar-refractivity contribution in [1.29, 1.82) is 0 Å². The minimum atomic E-state index is -3.65. The lowest BCUT2D eigenvalue weighted by atomic mass is 10.2. The normalized spacial score (nSPS) is 11.5. The number of amides is 1. The summed E-state index contributed by atoms with van der Waals surface area (Å²) in [6.45, 7) is 3.46. The average Bonchev–Trinajstić information content (AvgIpc) is 2.48. The number of benzene rings is 2. The monoisotopic (exact) mass is 352 g/mol. The molecule has 7 heteroatoms. The number of para-hydroxylation sites is 1. The predicted octanol–water partition coefficient (Wildman–Crippen LogP) is 3.28. The van der Waals surface area contributed by atoms with E-state index in [1.165, 1.54) is 18.2 Å². The molecule has 5 nitrogen and oxygen atoms in total. The standard InChI is InChI=1S/C16H17ClN2O3S/c1-11(2)19-23(21,22)13-7-5-6-12(10-13)16(20)18-15-9-4-3-8-14(15)17/h3-11,19H,1-2H3,(H,18,20). The largest absolute Gasteiger partial charge is 0.321 e. The van der Waals surface area contributed by atoms with Crippen LogP contribution in [0.2, 0.25) is 5.02 Å². The summed E-state index contributed by atoms with van der Waals surface area (Å²) < 4.78 is 26.8. The maximum Gasteiger partial charge on any atom is 0.255 e. The molecular formula is C16H17ClN2O3S. The maximum absolute atomic E-state index is 12.3. The van der Waals surface area contributed by atoms with E-state index in [0.717, 1.165) is 0 Å². The van der Waals surface area contributed by atoms with Gasteiger partial charge in [0.15, 0.2) is 0 Å². The molecule has 2 N–H and O–H groups in total. The van der Waals surface area contributed by atoms with Gasteiger partial charge in [0.25, 0.3) is 5.91 Å². The first-order valence-corrected chi connectivity index (χ1v) is 8.84. The third-order valence-electron chi connectivity index (χ3n) is 2.92. The molecule has 0 spiro atoms. The van der Waals surface area contributed by atoms with Crippen LogP contribution in [0.3, 0.4) is 0 Å². The minimum absolute atomic E-state index is 0.0398. The number of carbonyl (C=O) groups is 1. The summed E-state index contributed by atoms with van der Waals surface area (Å²) in [7, 11) is -3.65. The van der Waals surface area contributed by atoms with Gasteiger partial charge in [0, 0.05) is 11.6 Å². The van der Waals surface area contributed by atoms with Crippen LogP contribution in [-0.2, 0) is 10.0 Å². The molecule has 0 saturated heterocycles. The fraction of sp³-hybridized carbons (Fsp3) is 0.188. The first-order valence-electron chi connectivity index (χ1n) is 6.98. The van der Waals surface area contributed by atoms with Crippen molar-refractivity contribution in [3.63, 3.8) is 0 Å². The summed E-state index contributed by atoms with van der Waals surface area (Å²) in [4.78, 5) is 12.3. The molecule has 0 radical (unpaired) electrons. The summed E-state index contributed by atoms with van der Waals surface area (Å²) >= 11 is 6.00. The second-order valence-electron chi connectivity index (χ2n) is 5.24. The first kappa shape index (κ1) is 17.5. The Bertz CT molecular complexity index is 820. The molecule has 1 amide bonds. The van der Waals surface area contributed by atoms with E-state index in [-0.39, 0.29) is 16.5 Å². The van der Waals surface area contributed by atoms with E-state index >= 15 is 0 Å². The number of anilines is 1. The van der Waals surface area contributed by atoms with Crippen LogP contribution >= 0.6 is 11.6 Å². The third kappa shape index (κ3) is 4.54. The summed E-state index contributed by atoms with van der Waals surface area (Å²) in [5.74, 6) is -0.431. The quantitative estimate of drug-likeness (QED) is 0.867. The molecule has 0 unspecified atom stereocenters. The van der Waals surface area contributed by atoms with Gasteiger partial charge in [-0.1, -0.05) is 29.8 Å². The Hall–Kier alpha value is -1.89. The van der Waals surface area contributed by atoms with E-state index in [9.17, 15) is 13.2 Å². The number of hydrogen-bond donors (Lipinski definition) is 2. The lowest BCUT2D eigenvalue weighted by molar-refractivity contribution is 0.102. The Morgan fingerprint density at radius 2 is 1.78 bits per heavy atom. The van der Waals surface area contributed by atoms with Gasteiger partial charge in [-0.25, -0.2) is 13.1 Å². The second-order valence-corrected chi connectivity index (χ2v) is 7.36. The SMILES string of the molecule is CC(C)NS(=O)(=O)c1cccc(C(=O)Nc2ccccc2Cl)c1. The molecule has 0 aliphatic rings. The van der Waals surface area contributed by atoms with Crippen LogP contribution in [0.5, 0.6) is 0 Å². The molecule has 0 saturated carbocycles. The average molecular weight is 353 g/mol. The predicted molar refractivity (Wildman–Crippen MR) is 91.3 cm³/mol. The highest BCUT2D eigenvalue weighted by Crippen LogP contribution is 2.21. The van der Waals surface area contributed by atoms with Gasteiger partial charge in [-0.3, -0.25) is 4.79 Å². The maximum atomic E-state index is 12.3. The Morgan fingerprint density at radius 1 is 1.09 bits per heavy atom. The van der Waals surface area contributed by atoms with Crippen molar-refractivity contribution < 1.29 is 13.2 Å². The number of sulfonamides is 1. The van der Waals surface area contributed by atoms with Gasteiger partial charge in [-0.2, -0.15) is 0 Å². The zero-order valence-corrected chi connectivity index (χ0v) is 14.3. The molecule has 0 aromatic heterocycles. The van der Waals surface area contributed by atoms with Crippen molar-refractivity contribution in [2.45, 2.75) is 24.8 Å². The molecule has 0 bridgehead atoms. The minimum Gasteiger partial charge on any atom is -0.321 e. The molecule has 2 aromatic carbocycles. The van der Waals surface area contributed by atoms with Gasteiger partial charge < -0.3 is 5.32 Å². The van der Waals surface area contributed by atoms with Crippen molar-refractivity contribution in [2.75, 3.05) is 5.32 Å². The van der Waals surface area contributed by atoms with E-state index in [2.05, 4.69) is 10.0 Å². The van der Waals surface area contributed by atoms with Crippen LogP contribution in [-0.4, -0.2) is 20.4 Å². The van der Waals surface area contributed by atoms with E-state index in [0.29, 0.717) is 10.7 Å². The topological polar surface area (TPSA) is 75.3 Å². The van der Waals surface area contributed by atoms with E-state index in [1.807, 2.05) is 0 Å². The van der Waals surface area contributed by atoms with Crippen molar-refractivity contribution in [2.24, 2.45) is 0 Å². The highest BCUT2D eigenvalue weighted by molar-refractivity contribution is 7.89. The van der Waals surface area contributed by atoms with Gasteiger partial charge >= 0.3 is 0 Å². The summed E-state index contributed by atoms with van der Waals surface area (Å²) in [5.41, 5.74) is 0.698. The Labute approximate surface area is 140 Å². The van der Waals surface area contributed by atoms with Crippen LogP contribution < -0.4 is 10.0 Å². The van der Waals surface area contributed by atoms with Crippen molar-refractivity contribution in [3.8, 4) is 0 Å². The van der Waals surface area contributed by atoms with Crippen LogP contribution in [0.1, 0.15) is 24.2 Å². The molecule has 23 heavy (non-hydrogen) atoms. The number of rotatable bonds is 5. The fourth-order valence-electron chi connectivity index (χ4n) is 1.94. The van der Waals surface area contributed by atoms with Gasteiger partial charge in [0.2, 0.25) is 10.0 Å². The summed E-state index contributed by atoms with van der Waals surface area (Å²) in [6.07, 6.45) is 0. The highest BCUT2D eigenvalue weighted by Gasteiger charge is 2.17. The molecule has 0 aliphatic heterocycles. The summed E-state index contributed by atoms with van der Waals surface area (Å²) in [5, 5.41) is 3.07. The van der Waals surface area contributed by atoms with Gasteiger partial charge in [-0.05, 0) is 44.2 Å². The van der Waals surface area contributed by atoms with E-state index in [1.54, 1.807) is 44.2 Å². The highest BCUT2D eigenvalue weighted by atomic mass is 35.5. The molecule has 2 aromatic rings. The third-order valence-corrected chi connectivity index (χ3v) is 4.91. The fourth-order valence-corrected chi connectivity index (χ4v) is 3.42.